The first-order valence-corrected chi connectivity index (χ1v) is 17.4. The van der Waals surface area contributed by atoms with Gasteiger partial charge in [-0.25, -0.2) is 9.59 Å². The van der Waals surface area contributed by atoms with E-state index in [0.29, 0.717) is 25.1 Å². The van der Waals surface area contributed by atoms with E-state index in [-0.39, 0.29) is 25.3 Å². The summed E-state index contributed by atoms with van der Waals surface area (Å²) in [6.45, 7) is 5.31. The van der Waals surface area contributed by atoms with Crippen molar-refractivity contribution < 1.29 is 29.0 Å². The Labute approximate surface area is 291 Å². The summed E-state index contributed by atoms with van der Waals surface area (Å²) in [6.07, 6.45) is 7.39. The molecule has 3 heterocycles. The lowest BCUT2D eigenvalue weighted by atomic mass is 10.0. The molecule has 2 aromatic carbocycles. The second-order valence-corrected chi connectivity index (χ2v) is 14.5. The van der Waals surface area contributed by atoms with E-state index >= 15 is 0 Å². The molecule has 13 nitrogen and oxygen atoms in total. The molecule has 1 aromatic heterocycles. The second kappa shape index (κ2) is 14.4. The number of aromatic nitrogens is 4. The summed E-state index contributed by atoms with van der Waals surface area (Å²) >= 11 is 0. The van der Waals surface area contributed by atoms with Crippen LogP contribution in [0.3, 0.4) is 0 Å². The minimum absolute atomic E-state index is 0.0778. The molecule has 6 rings (SSSR count). The number of carboxylic acid groups (broad SMARTS) is 1. The van der Waals surface area contributed by atoms with Crippen molar-refractivity contribution in [3.8, 4) is 11.1 Å². The molecule has 13 heteroatoms. The van der Waals surface area contributed by atoms with Crippen LogP contribution in [0.2, 0.25) is 0 Å². The number of nitrogens with one attached hydrogen (secondary N) is 2. The fourth-order valence-corrected chi connectivity index (χ4v) is 6.80. The number of carbonyl (C=O) groups excluding carboxylic acids is 3. The number of tetrazole rings is 1. The van der Waals surface area contributed by atoms with Gasteiger partial charge in [0.1, 0.15) is 23.2 Å². The highest BCUT2D eigenvalue weighted by Gasteiger charge is 2.61. The van der Waals surface area contributed by atoms with Gasteiger partial charge in [-0.05, 0) is 68.4 Å². The monoisotopic (exact) mass is 683 g/mol. The van der Waals surface area contributed by atoms with Crippen molar-refractivity contribution in [2.24, 2.45) is 5.92 Å². The minimum atomic E-state index is -1.43. The number of fused-ring (bicyclic) bond motifs is 2. The first kappa shape index (κ1) is 34.8. The third kappa shape index (κ3) is 8.03. The number of alkyl carbamates (subject to hydrolysis) is 1. The minimum Gasteiger partial charge on any atom is -0.479 e. The number of carboxylic acids is 1. The molecular formula is C37H45N7O6. The zero-order valence-corrected chi connectivity index (χ0v) is 28.7. The van der Waals surface area contributed by atoms with Crippen molar-refractivity contribution >= 4 is 23.9 Å². The maximum Gasteiger partial charge on any atom is 0.408 e. The number of ether oxygens (including phenoxy) is 1. The van der Waals surface area contributed by atoms with E-state index in [4.69, 9.17) is 4.74 Å². The van der Waals surface area contributed by atoms with E-state index in [1.807, 2.05) is 54.6 Å². The van der Waals surface area contributed by atoms with Crippen molar-refractivity contribution in [3.05, 3.63) is 78.1 Å². The van der Waals surface area contributed by atoms with Crippen LogP contribution < -0.4 is 10.6 Å². The molecule has 3 N–H and O–H groups in total. The van der Waals surface area contributed by atoms with E-state index in [0.717, 1.165) is 36.0 Å². The molecule has 264 valence electrons. The van der Waals surface area contributed by atoms with Gasteiger partial charge < -0.3 is 25.4 Å². The Hall–Kier alpha value is -5.07. The molecule has 3 amide bonds. The van der Waals surface area contributed by atoms with Crippen LogP contribution in [0.5, 0.6) is 0 Å². The molecule has 1 saturated carbocycles. The molecular weight excluding hydrogens is 638 g/mol. The van der Waals surface area contributed by atoms with Gasteiger partial charge in [0, 0.05) is 25.3 Å². The van der Waals surface area contributed by atoms with Gasteiger partial charge in [0.25, 0.3) is 0 Å². The van der Waals surface area contributed by atoms with E-state index in [1.54, 1.807) is 20.8 Å². The fraction of sp³-hybridized carbons (Fsp3) is 0.486. The number of nitrogens with zero attached hydrogens (tertiary/aromatic N) is 5. The Kier molecular flexibility index (Phi) is 10.0. The van der Waals surface area contributed by atoms with Crippen LogP contribution in [0, 0.1) is 5.92 Å². The number of benzene rings is 2. The van der Waals surface area contributed by atoms with Crippen LogP contribution in [0.25, 0.3) is 11.1 Å². The summed E-state index contributed by atoms with van der Waals surface area (Å²) in [5.74, 6) is -1.97. The smallest absolute Gasteiger partial charge is 0.408 e. The maximum absolute atomic E-state index is 14.3. The largest absolute Gasteiger partial charge is 0.479 e. The predicted molar refractivity (Wildman–Crippen MR) is 184 cm³/mol. The van der Waals surface area contributed by atoms with E-state index in [1.165, 1.54) is 9.70 Å². The van der Waals surface area contributed by atoms with Gasteiger partial charge in [0.05, 0.1) is 6.04 Å². The number of amides is 3. The summed E-state index contributed by atoms with van der Waals surface area (Å²) in [5, 5.41) is 28.9. The van der Waals surface area contributed by atoms with Gasteiger partial charge in [-0.15, -0.1) is 10.2 Å². The van der Waals surface area contributed by atoms with Gasteiger partial charge >= 0.3 is 12.1 Å². The van der Waals surface area contributed by atoms with Crippen LogP contribution in [0.4, 0.5) is 4.79 Å². The lowest BCUT2D eigenvalue weighted by Gasteiger charge is -2.30. The number of carbonyl (C=O) groups is 4. The maximum atomic E-state index is 14.3. The number of hydrogen-bond donors (Lipinski definition) is 3. The van der Waals surface area contributed by atoms with Crippen molar-refractivity contribution in [2.75, 3.05) is 6.54 Å². The van der Waals surface area contributed by atoms with Crippen LogP contribution in [-0.4, -0.2) is 83.9 Å². The Bertz CT molecular complexity index is 1730. The fourth-order valence-electron chi connectivity index (χ4n) is 6.80. The zero-order chi connectivity index (χ0) is 35.5. The average molecular weight is 684 g/mol. The number of aliphatic carboxylic acids is 1. The highest BCUT2D eigenvalue weighted by Crippen LogP contribution is 2.45. The van der Waals surface area contributed by atoms with Gasteiger partial charge in [-0.1, -0.05) is 79.6 Å². The highest BCUT2D eigenvalue weighted by molar-refractivity contribution is 5.96. The van der Waals surface area contributed by atoms with E-state index in [2.05, 4.69) is 38.2 Å². The predicted octanol–water partition coefficient (Wildman–Crippen LogP) is 4.45. The summed E-state index contributed by atoms with van der Waals surface area (Å²) in [5.41, 5.74) is 1.02. The zero-order valence-electron chi connectivity index (χ0n) is 28.7. The third-order valence-corrected chi connectivity index (χ3v) is 9.55. The molecule has 1 aliphatic carbocycles. The molecule has 2 fully saturated rings. The van der Waals surface area contributed by atoms with Crippen molar-refractivity contribution in [1.82, 2.24) is 35.7 Å². The van der Waals surface area contributed by atoms with Crippen LogP contribution in [0.1, 0.15) is 83.1 Å². The standard InChI is InChI=1S/C37H45N7O6/c1-36(2,3)50-35(49)38-29-15-11-6-4-5-10-14-27-22-37(27,34(47)48)39-32(45)30-21-28(23-43(30)33(29)46)44-41-31(40-42-44)20-24-16-18-26(19-17-24)25-12-8-7-9-13-25/h7-10,12-14,16-19,27-30H,4-6,11,15,20-23H2,1-3H3,(H,38,49)(H,39,45)(H,47,48)/b14-10-/t27-,28+,29+,30+,37+/m1/s1. The Morgan fingerprint density at radius 2 is 1.78 bits per heavy atom. The molecule has 2 aliphatic heterocycles. The molecule has 3 aromatic rings. The Morgan fingerprint density at radius 1 is 1.04 bits per heavy atom. The first-order valence-electron chi connectivity index (χ1n) is 17.4. The molecule has 50 heavy (non-hydrogen) atoms. The normalized spacial score (nSPS) is 26.4. The van der Waals surface area contributed by atoms with Crippen LogP contribution in [0.15, 0.2) is 66.7 Å². The van der Waals surface area contributed by atoms with Gasteiger partial charge in [-0.2, -0.15) is 4.80 Å². The topological polar surface area (TPSA) is 169 Å². The second-order valence-electron chi connectivity index (χ2n) is 14.5. The van der Waals surface area contributed by atoms with Crippen molar-refractivity contribution in [2.45, 2.75) is 101 Å². The van der Waals surface area contributed by atoms with Gasteiger partial charge in [0.2, 0.25) is 11.8 Å². The molecule has 1 saturated heterocycles. The lowest BCUT2D eigenvalue weighted by Crippen LogP contribution is -2.56. The summed E-state index contributed by atoms with van der Waals surface area (Å²) < 4.78 is 5.47. The average Bonchev–Trinajstić information content (AvgIpc) is 3.36. The van der Waals surface area contributed by atoms with Gasteiger partial charge in [0.15, 0.2) is 5.82 Å². The molecule has 0 unspecified atom stereocenters. The van der Waals surface area contributed by atoms with E-state index in [9.17, 15) is 24.3 Å². The van der Waals surface area contributed by atoms with Crippen molar-refractivity contribution in [1.29, 1.82) is 0 Å². The van der Waals surface area contributed by atoms with Gasteiger partial charge in [-0.3, -0.25) is 9.59 Å². The Morgan fingerprint density at radius 3 is 2.50 bits per heavy atom. The number of allylic oxidation sites excluding steroid dienone is 1. The summed E-state index contributed by atoms with van der Waals surface area (Å²) in [4.78, 5) is 56.3. The van der Waals surface area contributed by atoms with Crippen LogP contribution in [-0.2, 0) is 25.5 Å². The summed E-state index contributed by atoms with van der Waals surface area (Å²) in [7, 11) is 0. The number of hydrogen-bond acceptors (Lipinski definition) is 8. The molecule has 5 atom stereocenters. The molecule has 0 radical (unpaired) electrons. The molecule has 0 spiro atoms. The van der Waals surface area contributed by atoms with Crippen molar-refractivity contribution in [3.63, 3.8) is 0 Å². The Balaban J connectivity index is 1.23. The summed E-state index contributed by atoms with van der Waals surface area (Å²) in [6, 6.07) is 15.8. The quantitative estimate of drug-likeness (QED) is 0.318. The third-order valence-electron chi connectivity index (χ3n) is 9.55. The van der Waals surface area contributed by atoms with Crippen LogP contribution >= 0.6 is 0 Å². The van der Waals surface area contributed by atoms with E-state index < -0.39 is 53.1 Å². The molecule has 0 bridgehead atoms. The lowest BCUT2D eigenvalue weighted by molar-refractivity contribution is -0.145. The SMILES string of the molecule is CC(C)(C)OC(=O)N[C@H]1CCCCC/C=C\[C@@H]2C[C@]2(C(=O)O)NC(=O)[C@@H]2C[C@H](n3nnc(Cc4ccc(-c5ccccc5)cc4)n3)CN2C1=O. The molecule has 3 aliphatic rings. The highest BCUT2D eigenvalue weighted by atomic mass is 16.6. The number of rotatable bonds is 6. The first-order chi connectivity index (χ1) is 23.9.